The Morgan fingerprint density at radius 1 is 1.30 bits per heavy atom. The SMILES string of the molecule is Cc1nn(C)c(C)c1CCC(=O)NCc1cnn2ccccc12. The minimum absolute atomic E-state index is 0.0444. The predicted molar refractivity (Wildman–Crippen MR) is 88.0 cm³/mol. The van der Waals surface area contributed by atoms with Crippen LogP contribution >= 0.6 is 0 Å². The number of nitrogens with zero attached hydrogens (tertiary/aromatic N) is 4. The third kappa shape index (κ3) is 3.11. The molecule has 120 valence electrons. The van der Waals surface area contributed by atoms with Gasteiger partial charge < -0.3 is 5.32 Å². The van der Waals surface area contributed by atoms with Crippen molar-refractivity contribution in [2.24, 2.45) is 7.05 Å². The summed E-state index contributed by atoms with van der Waals surface area (Å²) in [6.07, 6.45) is 4.87. The lowest BCUT2D eigenvalue weighted by Gasteiger charge is -2.05. The van der Waals surface area contributed by atoms with E-state index in [-0.39, 0.29) is 5.91 Å². The van der Waals surface area contributed by atoms with Gasteiger partial charge in [0.15, 0.2) is 0 Å². The number of amides is 1. The Hall–Kier alpha value is -2.63. The number of hydrogen-bond acceptors (Lipinski definition) is 3. The van der Waals surface area contributed by atoms with E-state index in [2.05, 4.69) is 15.5 Å². The fraction of sp³-hybridized carbons (Fsp3) is 0.353. The zero-order valence-corrected chi connectivity index (χ0v) is 13.7. The first kappa shape index (κ1) is 15.3. The molecule has 0 bridgehead atoms. The largest absolute Gasteiger partial charge is 0.352 e. The van der Waals surface area contributed by atoms with Gasteiger partial charge in [-0.25, -0.2) is 4.52 Å². The van der Waals surface area contributed by atoms with Gasteiger partial charge in [-0.15, -0.1) is 0 Å². The molecule has 0 radical (unpaired) electrons. The smallest absolute Gasteiger partial charge is 0.220 e. The highest BCUT2D eigenvalue weighted by atomic mass is 16.1. The highest BCUT2D eigenvalue weighted by molar-refractivity contribution is 5.76. The average molecular weight is 311 g/mol. The molecule has 0 spiro atoms. The van der Waals surface area contributed by atoms with E-state index in [0.29, 0.717) is 19.4 Å². The van der Waals surface area contributed by atoms with Crippen LogP contribution in [0.3, 0.4) is 0 Å². The topological polar surface area (TPSA) is 64.2 Å². The summed E-state index contributed by atoms with van der Waals surface area (Å²) in [5.74, 6) is 0.0444. The van der Waals surface area contributed by atoms with Gasteiger partial charge in [-0.1, -0.05) is 6.07 Å². The summed E-state index contributed by atoms with van der Waals surface area (Å²) in [6.45, 7) is 4.52. The van der Waals surface area contributed by atoms with E-state index >= 15 is 0 Å². The normalized spacial score (nSPS) is 11.1. The van der Waals surface area contributed by atoms with Crippen LogP contribution in [0.2, 0.25) is 0 Å². The van der Waals surface area contributed by atoms with Crippen molar-refractivity contribution in [3.05, 3.63) is 53.1 Å². The van der Waals surface area contributed by atoms with Crippen LogP contribution in [0.15, 0.2) is 30.6 Å². The van der Waals surface area contributed by atoms with Crippen LogP contribution in [0, 0.1) is 13.8 Å². The van der Waals surface area contributed by atoms with E-state index in [1.165, 1.54) is 5.56 Å². The van der Waals surface area contributed by atoms with Gasteiger partial charge in [0.2, 0.25) is 5.91 Å². The van der Waals surface area contributed by atoms with Gasteiger partial charge in [-0.3, -0.25) is 9.48 Å². The van der Waals surface area contributed by atoms with Crippen molar-refractivity contribution in [3.63, 3.8) is 0 Å². The third-order valence-corrected chi connectivity index (χ3v) is 4.24. The van der Waals surface area contributed by atoms with Crippen LogP contribution in [-0.2, 0) is 24.8 Å². The Kier molecular flexibility index (Phi) is 4.14. The van der Waals surface area contributed by atoms with Gasteiger partial charge in [0.1, 0.15) is 0 Å². The van der Waals surface area contributed by atoms with Crippen LogP contribution < -0.4 is 5.32 Å². The van der Waals surface area contributed by atoms with Gasteiger partial charge in [-0.05, 0) is 38.0 Å². The molecule has 0 aliphatic heterocycles. The molecule has 0 unspecified atom stereocenters. The molecule has 1 amide bonds. The molecule has 3 aromatic heterocycles. The molecule has 0 saturated heterocycles. The molecule has 6 nitrogen and oxygen atoms in total. The Labute approximate surface area is 135 Å². The molecule has 1 N–H and O–H groups in total. The second kappa shape index (κ2) is 6.24. The first-order valence-electron chi connectivity index (χ1n) is 7.73. The van der Waals surface area contributed by atoms with Crippen molar-refractivity contribution in [1.82, 2.24) is 24.7 Å². The maximum absolute atomic E-state index is 12.1. The predicted octanol–water partition coefficient (Wildman–Crippen LogP) is 1.93. The lowest BCUT2D eigenvalue weighted by Crippen LogP contribution is -2.23. The number of nitrogens with one attached hydrogen (secondary N) is 1. The van der Waals surface area contributed by atoms with E-state index in [0.717, 1.165) is 22.5 Å². The monoisotopic (exact) mass is 311 g/mol. The van der Waals surface area contributed by atoms with E-state index in [1.54, 1.807) is 6.20 Å². The van der Waals surface area contributed by atoms with Crippen molar-refractivity contribution in [3.8, 4) is 0 Å². The van der Waals surface area contributed by atoms with Crippen molar-refractivity contribution >= 4 is 11.4 Å². The Morgan fingerprint density at radius 2 is 2.13 bits per heavy atom. The number of aromatic nitrogens is 4. The van der Waals surface area contributed by atoms with Crippen LogP contribution in [0.1, 0.15) is 28.9 Å². The van der Waals surface area contributed by atoms with E-state index in [9.17, 15) is 4.79 Å². The molecule has 3 aromatic rings. The molecule has 6 heteroatoms. The second-order valence-corrected chi connectivity index (χ2v) is 5.75. The number of carbonyl (C=O) groups is 1. The molecule has 0 aromatic carbocycles. The Balaban J connectivity index is 1.58. The van der Waals surface area contributed by atoms with Gasteiger partial charge in [-0.2, -0.15) is 10.2 Å². The minimum Gasteiger partial charge on any atom is -0.352 e. The lowest BCUT2D eigenvalue weighted by molar-refractivity contribution is -0.121. The minimum atomic E-state index is 0.0444. The zero-order chi connectivity index (χ0) is 16.4. The first-order valence-corrected chi connectivity index (χ1v) is 7.73. The summed E-state index contributed by atoms with van der Waals surface area (Å²) in [6, 6.07) is 5.90. The molecule has 0 aliphatic carbocycles. The quantitative estimate of drug-likeness (QED) is 0.783. The number of pyridine rings is 1. The summed E-state index contributed by atoms with van der Waals surface area (Å²) < 4.78 is 3.67. The van der Waals surface area contributed by atoms with Crippen LogP contribution in [0.5, 0.6) is 0 Å². The molecular formula is C17H21N5O. The molecular weight excluding hydrogens is 290 g/mol. The molecule has 0 aliphatic rings. The van der Waals surface area contributed by atoms with Gasteiger partial charge in [0.25, 0.3) is 0 Å². The van der Waals surface area contributed by atoms with Crippen molar-refractivity contribution < 1.29 is 4.79 Å². The van der Waals surface area contributed by atoms with Crippen LogP contribution in [0.4, 0.5) is 0 Å². The average Bonchev–Trinajstić information content (AvgIpc) is 3.05. The summed E-state index contributed by atoms with van der Waals surface area (Å²) in [4.78, 5) is 12.1. The molecule has 0 saturated carbocycles. The first-order chi connectivity index (χ1) is 11.1. The van der Waals surface area contributed by atoms with Gasteiger partial charge in [0.05, 0.1) is 17.4 Å². The van der Waals surface area contributed by atoms with Gasteiger partial charge >= 0.3 is 0 Å². The number of carbonyl (C=O) groups excluding carboxylic acids is 1. The van der Waals surface area contributed by atoms with Crippen LogP contribution in [0.25, 0.3) is 5.52 Å². The Morgan fingerprint density at radius 3 is 2.87 bits per heavy atom. The van der Waals surface area contributed by atoms with E-state index in [4.69, 9.17) is 0 Å². The Bertz CT molecular complexity index is 846. The van der Waals surface area contributed by atoms with E-state index < -0.39 is 0 Å². The molecule has 23 heavy (non-hydrogen) atoms. The fourth-order valence-electron chi connectivity index (χ4n) is 2.82. The highest BCUT2D eigenvalue weighted by Gasteiger charge is 2.12. The van der Waals surface area contributed by atoms with Crippen LogP contribution in [-0.4, -0.2) is 25.3 Å². The molecule has 0 fully saturated rings. The standard InChI is InChI=1S/C17H21N5O/c1-12-15(13(2)21(3)20-12)7-8-17(23)18-10-14-11-19-22-9-5-4-6-16(14)22/h4-6,9,11H,7-8,10H2,1-3H3,(H,18,23). The summed E-state index contributed by atoms with van der Waals surface area (Å²) >= 11 is 0. The highest BCUT2D eigenvalue weighted by Crippen LogP contribution is 2.14. The van der Waals surface area contributed by atoms with Crippen molar-refractivity contribution in [2.45, 2.75) is 33.2 Å². The number of aryl methyl sites for hydroxylation is 2. The number of hydrogen-bond donors (Lipinski definition) is 1. The maximum Gasteiger partial charge on any atom is 0.220 e. The maximum atomic E-state index is 12.1. The lowest BCUT2D eigenvalue weighted by atomic mass is 10.1. The summed E-state index contributed by atoms with van der Waals surface area (Å²) in [5, 5.41) is 11.6. The fourth-order valence-corrected chi connectivity index (χ4v) is 2.82. The van der Waals surface area contributed by atoms with Crippen molar-refractivity contribution in [1.29, 1.82) is 0 Å². The second-order valence-electron chi connectivity index (χ2n) is 5.75. The summed E-state index contributed by atoms with van der Waals surface area (Å²) in [7, 11) is 1.93. The van der Waals surface area contributed by atoms with E-state index in [1.807, 2.05) is 54.5 Å². The molecule has 0 atom stereocenters. The molecule has 3 rings (SSSR count). The third-order valence-electron chi connectivity index (χ3n) is 4.24. The molecule has 3 heterocycles. The number of fused-ring (bicyclic) bond motifs is 1. The zero-order valence-electron chi connectivity index (χ0n) is 13.7. The van der Waals surface area contributed by atoms with Gasteiger partial charge in [0, 0.05) is 37.5 Å². The number of rotatable bonds is 5. The summed E-state index contributed by atoms with van der Waals surface area (Å²) in [5.41, 5.74) is 5.33. The van der Waals surface area contributed by atoms with Crippen molar-refractivity contribution in [2.75, 3.05) is 0 Å².